The van der Waals surface area contributed by atoms with Crippen LogP contribution in [0.4, 0.5) is 0 Å². The molecular weight excluding hydrogens is 310 g/mol. The summed E-state index contributed by atoms with van der Waals surface area (Å²) in [6.07, 6.45) is 3.61. The number of benzene rings is 1. The maximum absolute atomic E-state index is 5.58. The Hall–Kier alpha value is -1.36. The lowest BCUT2D eigenvalue weighted by atomic mass is 10.0. The molecule has 1 N–H and O–H groups in total. The summed E-state index contributed by atoms with van der Waals surface area (Å²) >= 11 is 0. The molecule has 1 aromatic heterocycles. The molecule has 0 spiro atoms. The standard InChI is InChI=1S/C18H25N3O.ClH/c1-2-12-21(16-8-10-19-11-9-16)14-17-13-18(20-22-17)15-6-4-3-5-7-15;/h3-7,13,16,19H,2,8-12,14H2,1H3;1H. The molecule has 0 aliphatic carbocycles. The quantitative estimate of drug-likeness (QED) is 0.873. The van der Waals surface area contributed by atoms with Gasteiger partial charge in [0.05, 0.1) is 6.54 Å². The van der Waals surface area contributed by atoms with Crippen molar-refractivity contribution in [1.82, 2.24) is 15.4 Å². The molecule has 5 heteroatoms. The molecule has 1 aliphatic rings. The minimum absolute atomic E-state index is 0. The predicted octanol–water partition coefficient (Wildman–Crippen LogP) is 3.73. The normalized spacial score (nSPS) is 15.6. The van der Waals surface area contributed by atoms with Gasteiger partial charge in [-0.2, -0.15) is 0 Å². The van der Waals surface area contributed by atoms with Crippen molar-refractivity contribution >= 4 is 12.4 Å². The maximum Gasteiger partial charge on any atom is 0.151 e. The van der Waals surface area contributed by atoms with Crippen LogP contribution in [0.25, 0.3) is 11.3 Å². The van der Waals surface area contributed by atoms with E-state index in [2.05, 4.69) is 40.5 Å². The molecule has 4 nitrogen and oxygen atoms in total. The van der Waals surface area contributed by atoms with Crippen LogP contribution in [0.5, 0.6) is 0 Å². The van der Waals surface area contributed by atoms with E-state index in [1.807, 2.05) is 18.2 Å². The lowest BCUT2D eigenvalue weighted by Crippen LogP contribution is -2.43. The number of nitrogens with one attached hydrogen (secondary N) is 1. The highest BCUT2D eigenvalue weighted by molar-refractivity contribution is 5.85. The molecule has 2 aromatic rings. The molecule has 1 aliphatic heterocycles. The van der Waals surface area contributed by atoms with Crippen LogP contribution in [-0.2, 0) is 6.54 Å². The molecule has 23 heavy (non-hydrogen) atoms. The van der Waals surface area contributed by atoms with Crippen LogP contribution >= 0.6 is 12.4 Å². The van der Waals surface area contributed by atoms with E-state index in [9.17, 15) is 0 Å². The van der Waals surface area contributed by atoms with Gasteiger partial charge in [0, 0.05) is 17.7 Å². The highest BCUT2D eigenvalue weighted by atomic mass is 35.5. The van der Waals surface area contributed by atoms with Gasteiger partial charge in [-0.3, -0.25) is 4.90 Å². The summed E-state index contributed by atoms with van der Waals surface area (Å²) < 4.78 is 5.58. The Kier molecular flexibility index (Phi) is 7.09. The second-order valence-corrected chi connectivity index (χ2v) is 6.00. The average molecular weight is 336 g/mol. The van der Waals surface area contributed by atoms with E-state index in [1.165, 1.54) is 19.3 Å². The van der Waals surface area contributed by atoms with Crippen molar-refractivity contribution in [3.05, 3.63) is 42.2 Å². The molecular formula is C18H26ClN3O. The van der Waals surface area contributed by atoms with Gasteiger partial charge in [0.15, 0.2) is 5.76 Å². The first-order chi connectivity index (χ1) is 10.9. The first-order valence-corrected chi connectivity index (χ1v) is 8.32. The van der Waals surface area contributed by atoms with E-state index in [0.717, 1.165) is 43.2 Å². The zero-order valence-electron chi connectivity index (χ0n) is 13.7. The fourth-order valence-electron chi connectivity index (χ4n) is 3.18. The number of hydrogen-bond acceptors (Lipinski definition) is 4. The molecule has 2 heterocycles. The second kappa shape index (κ2) is 9.06. The maximum atomic E-state index is 5.58. The number of halogens is 1. The first-order valence-electron chi connectivity index (χ1n) is 8.32. The van der Waals surface area contributed by atoms with Crippen LogP contribution in [0.15, 0.2) is 40.9 Å². The SMILES string of the molecule is CCCN(Cc1cc(-c2ccccc2)no1)C1CCNCC1.Cl. The van der Waals surface area contributed by atoms with Gasteiger partial charge in [0.25, 0.3) is 0 Å². The van der Waals surface area contributed by atoms with E-state index < -0.39 is 0 Å². The van der Waals surface area contributed by atoms with Gasteiger partial charge in [-0.1, -0.05) is 42.4 Å². The monoisotopic (exact) mass is 335 g/mol. The lowest BCUT2D eigenvalue weighted by molar-refractivity contribution is 0.139. The Balaban J connectivity index is 0.00000192. The first kappa shape index (κ1) is 18.0. The number of piperidine rings is 1. The van der Waals surface area contributed by atoms with Crippen LogP contribution in [0.2, 0.25) is 0 Å². The second-order valence-electron chi connectivity index (χ2n) is 6.00. The Morgan fingerprint density at radius 2 is 1.96 bits per heavy atom. The van der Waals surface area contributed by atoms with E-state index >= 15 is 0 Å². The predicted molar refractivity (Wildman–Crippen MR) is 95.8 cm³/mol. The Labute approximate surface area is 144 Å². The highest BCUT2D eigenvalue weighted by Crippen LogP contribution is 2.21. The fourth-order valence-corrected chi connectivity index (χ4v) is 3.18. The third-order valence-electron chi connectivity index (χ3n) is 4.32. The summed E-state index contributed by atoms with van der Waals surface area (Å²) in [4.78, 5) is 2.55. The molecule has 0 unspecified atom stereocenters. The van der Waals surface area contributed by atoms with Crippen molar-refractivity contribution in [3.63, 3.8) is 0 Å². The Bertz CT molecular complexity index is 567. The Morgan fingerprint density at radius 3 is 2.65 bits per heavy atom. The topological polar surface area (TPSA) is 41.3 Å². The van der Waals surface area contributed by atoms with Crippen molar-refractivity contribution in [3.8, 4) is 11.3 Å². The number of nitrogens with zero attached hydrogens (tertiary/aromatic N) is 2. The Morgan fingerprint density at radius 1 is 1.22 bits per heavy atom. The van der Waals surface area contributed by atoms with Crippen molar-refractivity contribution in [2.24, 2.45) is 0 Å². The summed E-state index contributed by atoms with van der Waals surface area (Å²) in [5, 5.41) is 7.67. The van der Waals surface area contributed by atoms with Crippen LogP contribution in [0, 0.1) is 0 Å². The van der Waals surface area contributed by atoms with E-state index in [1.54, 1.807) is 0 Å². The van der Waals surface area contributed by atoms with Gasteiger partial charge >= 0.3 is 0 Å². The molecule has 3 rings (SSSR count). The summed E-state index contributed by atoms with van der Waals surface area (Å²) in [5.74, 6) is 0.964. The molecule has 0 atom stereocenters. The molecule has 1 aromatic carbocycles. The van der Waals surface area contributed by atoms with Gasteiger partial charge in [-0.05, 0) is 38.9 Å². The largest absolute Gasteiger partial charge is 0.359 e. The summed E-state index contributed by atoms with van der Waals surface area (Å²) in [6.45, 7) is 6.46. The zero-order valence-corrected chi connectivity index (χ0v) is 14.5. The summed E-state index contributed by atoms with van der Waals surface area (Å²) in [5.41, 5.74) is 2.04. The molecule has 126 valence electrons. The van der Waals surface area contributed by atoms with Crippen LogP contribution in [0.3, 0.4) is 0 Å². The smallest absolute Gasteiger partial charge is 0.151 e. The van der Waals surface area contributed by atoms with Crippen molar-refractivity contribution in [2.75, 3.05) is 19.6 Å². The summed E-state index contributed by atoms with van der Waals surface area (Å²) in [7, 11) is 0. The van der Waals surface area contributed by atoms with Crippen molar-refractivity contribution in [2.45, 2.75) is 38.8 Å². The number of rotatable bonds is 6. The van der Waals surface area contributed by atoms with Gasteiger partial charge < -0.3 is 9.84 Å². The van der Waals surface area contributed by atoms with Gasteiger partial charge in [0.2, 0.25) is 0 Å². The van der Waals surface area contributed by atoms with Gasteiger partial charge in [0.1, 0.15) is 5.69 Å². The van der Waals surface area contributed by atoms with Crippen molar-refractivity contribution in [1.29, 1.82) is 0 Å². The minimum Gasteiger partial charge on any atom is -0.359 e. The molecule has 1 fully saturated rings. The fraction of sp³-hybridized carbons (Fsp3) is 0.500. The van der Waals surface area contributed by atoms with Crippen LogP contribution < -0.4 is 5.32 Å². The molecule has 0 saturated carbocycles. The van der Waals surface area contributed by atoms with E-state index in [4.69, 9.17) is 4.52 Å². The molecule has 0 radical (unpaired) electrons. The van der Waals surface area contributed by atoms with Crippen molar-refractivity contribution < 1.29 is 4.52 Å². The third kappa shape index (κ3) is 4.80. The lowest BCUT2D eigenvalue weighted by Gasteiger charge is -2.33. The minimum atomic E-state index is 0. The van der Waals surface area contributed by atoms with Gasteiger partial charge in [-0.25, -0.2) is 0 Å². The molecule has 0 amide bonds. The number of aromatic nitrogens is 1. The van der Waals surface area contributed by atoms with Gasteiger partial charge in [-0.15, -0.1) is 12.4 Å². The van der Waals surface area contributed by atoms with E-state index in [-0.39, 0.29) is 12.4 Å². The summed E-state index contributed by atoms with van der Waals surface area (Å²) in [6, 6.07) is 13.0. The van der Waals surface area contributed by atoms with Crippen LogP contribution in [-0.4, -0.2) is 35.7 Å². The van der Waals surface area contributed by atoms with Crippen LogP contribution in [0.1, 0.15) is 31.9 Å². The third-order valence-corrected chi connectivity index (χ3v) is 4.32. The zero-order chi connectivity index (χ0) is 15.2. The average Bonchev–Trinajstić information content (AvgIpc) is 3.05. The highest BCUT2D eigenvalue weighted by Gasteiger charge is 2.21. The molecule has 0 bridgehead atoms. The van der Waals surface area contributed by atoms with E-state index in [0.29, 0.717) is 6.04 Å². The number of hydrogen-bond donors (Lipinski definition) is 1. The molecule has 1 saturated heterocycles.